The summed E-state index contributed by atoms with van der Waals surface area (Å²) in [6.45, 7) is 5.12. The van der Waals surface area contributed by atoms with Crippen molar-refractivity contribution in [2.75, 3.05) is 6.61 Å². The number of hydrogen-bond acceptors (Lipinski definition) is 7. The first kappa shape index (κ1) is 19.4. The molecule has 0 spiro atoms. The van der Waals surface area contributed by atoms with E-state index < -0.39 is 18.1 Å². The Kier molecular flexibility index (Phi) is 7.13. The van der Waals surface area contributed by atoms with Gasteiger partial charge in [-0.05, 0) is 11.5 Å². The first-order valence-corrected chi connectivity index (χ1v) is 8.34. The van der Waals surface area contributed by atoms with Gasteiger partial charge in [0.05, 0.1) is 6.04 Å². The lowest BCUT2D eigenvalue weighted by Crippen LogP contribution is -2.44. The zero-order chi connectivity index (χ0) is 18.9. The maximum atomic E-state index is 12.1. The summed E-state index contributed by atoms with van der Waals surface area (Å²) in [6.07, 6.45) is -0.121. The Labute approximate surface area is 151 Å². The molecule has 0 radical (unpaired) electrons. The second-order valence-electron chi connectivity index (χ2n) is 6.03. The van der Waals surface area contributed by atoms with Crippen LogP contribution >= 0.6 is 0 Å². The lowest BCUT2D eigenvalue weighted by molar-refractivity contribution is -0.142. The Hall–Kier alpha value is -2.90. The van der Waals surface area contributed by atoms with Crippen LogP contribution in [0.25, 0.3) is 0 Å². The maximum Gasteiger partial charge on any atom is 0.407 e. The molecule has 8 heteroatoms. The van der Waals surface area contributed by atoms with Gasteiger partial charge in [0.25, 0.3) is 0 Å². The van der Waals surface area contributed by atoms with Crippen molar-refractivity contribution < 1.29 is 23.6 Å². The van der Waals surface area contributed by atoms with Crippen LogP contribution in [-0.4, -0.2) is 34.9 Å². The standard InChI is InChI=1S/C18H23N3O5/c1-12(9-17-19-13(2)26-21-17)16(11-24-14(3)22)20-18(23)25-10-15-7-5-4-6-8-15/h4-8,12,16H,9-11H2,1-3H3,(H,20,23). The van der Waals surface area contributed by atoms with Gasteiger partial charge in [0.1, 0.15) is 13.2 Å². The predicted octanol–water partition coefficient (Wildman–Crippen LogP) is 2.41. The Morgan fingerprint density at radius 3 is 2.58 bits per heavy atom. The van der Waals surface area contributed by atoms with Crippen LogP contribution in [0.1, 0.15) is 31.1 Å². The molecule has 1 amide bonds. The quantitative estimate of drug-likeness (QED) is 0.720. The van der Waals surface area contributed by atoms with Gasteiger partial charge in [0.15, 0.2) is 5.82 Å². The van der Waals surface area contributed by atoms with E-state index in [1.807, 2.05) is 37.3 Å². The van der Waals surface area contributed by atoms with Crippen molar-refractivity contribution in [1.29, 1.82) is 0 Å². The summed E-state index contributed by atoms with van der Waals surface area (Å²) in [7, 11) is 0. The molecule has 1 heterocycles. The lowest BCUT2D eigenvalue weighted by atomic mass is 9.98. The van der Waals surface area contributed by atoms with Crippen LogP contribution in [0.5, 0.6) is 0 Å². The number of alkyl carbamates (subject to hydrolysis) is 1. The van der Waals surface area contributed by atoms with Crippen LogP contribution in [-0.2, 0) is 27.3 Å². The van der Waals surface area contributed by atoms with E-state index in [1.165, 1.54) is 6.92 Å². The van der Waals surface area contributed by atoms with Gasteiger partial charge in [-0.25, -0.2) is 4.79 Å². The van der Waals surface area contributed by atoms with Crippen molar-refractivity contribution in [2.24, 2.45) is 5.92 Å². The summed E-state index contributed by atoms with van der Waals surface area (Å²) in [6, 6.07) is 8.92. The number of amides is 1. The van der Waals surface area contributed by atoms with E-state index in [2.05, 4.69) is 15.5 Å². The first-order valence-electron chi connectivity index (χ1n) is 8.34. The number of benzene rings is 1. The Morgan fingerprint density at radius 1 is 1.23 bits per heavy atom. The van der Waals surface area contributed by atoms with Gasteiger partial charge >= 0.3 is 12.1 Å². The third-order valence-electron chi connectivity index (χ3n) is 3.74. The summed E-state index contributed by atoms with van der Waals surface area (Å²) < 4.78 is 15.2. The average Bonchev–Trinajstić information content (AvgIpc) is 3.02. The molecule has 2 aromatic rings. The molecule has 1 aromatic carbocycles. The molecule has 1 N–H and O–H groups in total. The van der Waals surface area contributed by atoms with Gasteiger partial charge in [-0.15, -0.1) is 0 Å². The molecular formula is C18H23N3O5. The van der Waals surface area contributed by atoms with E-state index in [0.29, 0.717) is 18.1 Å². The first-order chi connectivity index (χ1) is 12.4. The van der Waals surface area contributed by atoms with Crippen molar-refractivity contribution in [3.8, 4) is 0 Å². The molecule has 1 aromatic heterocycles. The molecule has 26 heavy (non-hydrogen) atoms. The van der Waals surface area contributed by atoms with E-state index in [-0.39, 0.29) is 19.1 Å². The Bertz CT molecular complexity index is 717. The predicted molar refractivity (Wildman–Crippen MR) is 92.1 cm³/mol. The third-order valence-corrected chi connectivity index (χ3v) is 3.74. The molecule has 0 fully saturated rings. The summed E-state index contributed by atoms with van der Waals surface area (Å²) >= 11 is 0. The van der Waals surface area contributed by atoms with Crippen molar-refractivity contribution in [3.05, 3.63) is 47.6 Å². The number of carbonyl (C=O) groups excluding carboxylic acids is 2. The molecule has 2 unspecified atom stereocenters. The number of carbonyl (C=O) groups is 2. The molecule has 0 aliphatic carbocycles. The van der Waals surface area contributed by atoms with Crippen molar-refractivity contribution in [3.63, 3.8) is 0 Å². The maximum absolute atomic E-state index is 12.1. The zero-order valence-corrected chi connectivity index (χ0v) is 15.1. The summed E-state index contributed by atoms with van der Waals surface area (Å²) in [4.78, 5) is 27.4. The number of aryl methyl sites for hydroxylation is 1. The monoisotopic (exact) mass is 361 g/mol. The molecule has 140 valence electrons. The minimum absolute atomic E-state index is 0.0355. The van der Waals surface area contributed by atoms with Crippen LogP contribution in [0.3, 0.4) is 0 Å². The largest absolute Gasteiger partial charge is 0.464 e. The fourth-order valence-electron chi connectivity index (χ4n) is 2.33. The summed E-state index contributed by atoms with van der Waals surface area (Å²) in [5.74, 6) is 0.480. The highest BCUT2D eigenvalue weighted by atomic mass is 16.6. The lowest BCUT2D eigenvalue weighted by Gasteiger charge is -2.23. The number of ether oxygens (including phenoxy) is 2. The van der Waals surface area contributed by atoms with Crippen LogP contribution in [0.15, 0.2) is 34.9 Å². The summed E-state index contributed by atoms with van der Waals surface area (Å²) in [5.41, 5.74) is 0.884. The van der Waals surface area contributed by atoms with Crippen LogP contribution < -0.4 is 5.32 Å². The molecule has 2 rings (SSSR count). The highest BCUT2D eigenvalue weighted by Crippen LogP contribution is 2.12. The molecule has 8 nitrogen and oxygen atoms in total. The summed E-state index contributed by atoms with van der Waals surface area (Å²) in [5, 5.41) is 6.60. The van der Waals surface area contributed by atoms with Gasteiger partial charge in [-0.2, -0.15) is 4.98 Å². The SMILES string of the molecule is CC(=O)OCC(NC(=O)OCc1ccccc1)C(C)Cc1noc(C)n1. The molecular weight excluding hydrogens is 338 g/mol. The highest BCUT2D eigenvalue weighted by Gasteiger charge is 2.23. The number of nitrogens with zero attached hydrogens (tertiary/aromatic N) is 2. The van der Waals surface area contributed by atoms with Gasteiger partial charge in [-0.1, -0.05) is 42.4 Å². The van der Waals surface area contributed by atoms with Crippen LogP contribution in [0, 0.1) is 12.8 Å². The highest BCUT2D eigenvalue weighted by molar-refractivity contribution is 5.68. The Morgan fingerprint density at radius 2 is 1.96 bits per heavy atom. The van der Waals surface area contributed by atoms with E-state index in [4.69, 9.17) is 14.0 Å². The number of esters is 1. The van der Waals surface area contributed by atoms with Crippen molar-refractivity contribution >= 4 is 12.1 Å². The molecule has 0 saturated carbocycles. The van der Waals surface area contributed by atoms with E-state index >= 15 is 0 Å². The normalized spacial score (nSPS) is 12.9. The van der Waals surface area contributed by atoms with Gasteiger partial charge < -0.3 is 19.3 Å². The van der Waals surface area contributed by atoms with Crippen LogP contribution in [0.2, 0.25) is 0 Å². The zero-order valence-electron chi connectivity index (χ0n) is 15.1. The second-order valence-corrected chi connectivity index (χ2v) is 6.03. The fourth-order valence-corrected chi connectivity index (χ4v) is 2.33. The van der Waals surface area contributed by atoms with Gasteiger partial charge in [0, 0.05) is 20.3 Å². The van der Waals surface area contributed by atoms with E-state index in [0.717, 1.165) is 5.56 Å². The Balaban J connectivity index is 1.91. The van der Waals surface area contributed by atoms with Gasteiger partial charge in [-0.3, -0.25) is 4.79 Å². The number of hydrogen-bond donors (Lipinski definition) is 1. The second kappa shape index (κ2) is 9.55. The van der Waals surface area contributed by atoms with Crippen LogP contribution in [0.4, 0.5) is 4.79 Å². The topological polar surface area (TPSA) is 104 Å². The molecule has 0 bridgehead atoms. The van der Waals surface area contributed by atoms with Gasteiger partial charge in [0.2, 0.25) is 5.89 Å². The van der Waals surface area contributed by atoms with E-state index in [9.17, 15) is 9.59 Å². The minimum atomic E-state index is -0.581. The number of rotatable bonds is 8. The minimum Gasteiger partial charge on any atom is -0.464 e. The smallest absolute Gasteiger partial charge is 0.407 e. The molecule has 0 aliphatic rings. The van der Waals surface area contributed by atoms with Crippen molar-refractivity contribution in [2.45, 2.75) is 39.8 Å². The molecule has 2 atom stereocenters. The molecule has 0 saturated heterocycles. The fraction of sp³-hybridized carbons (Fsp3) is 0.444. The number of aromatic nitrogens is 2. The van der Waals surface area contributed by atoms with Crippen molar-refractivity contribution in [1.82, 2.24) is 15.5 Å². The average molecular weight is 361 g/mol. The molecule has 0 aliphatic heterocycles. The third kappa shape index (κ3) is 6.54. The van der Waals surface area contributed by atoms with E-state index in [1.54, 1.807) is 6.92 Å². The number of nitrogens with one attached hydrogen (secondary N) is 1.